The molecule has 2 aliphatic heterocycles. The van der Waals surface area contributed by atoms with Gasteiger partial charge in [0.25, 0.3) is 5.91 Å². The van der Waals surface area contributed by atoms with Crippen molar-refractivity contribution in [3.05, 3.63) is 77.4 Å². The third kappa shape index (κ3) is 3.14. The molecule has 0 radical (unpaired) electrons. The number of hydrogen-bond donors (Lipinski definition) is 4. The Balaban J connectivity index is 1.44. The molecule has 4 heterocycles. The molecule has 30 heavy (non-hydrogen) atoms. The summed E-state index contributed by atoms with van der Waals surface area (Å²) in [6.07, 6.45) is 3.23. The van der Waals surface area contributed by atoms with E-state index in [-0.39, 0.29) is 11.6 Å². The highest BCUT2D eigenvalue weighted by atomic mass is 19.1. The van der Waals surface area contributed by atoms with Gasteiger partial charge in [-0.15, -0.1) is 0 Å². The van der Waals surface area contributed by atoms with Gasteiger partial charge in [-0.1, -0.05) is 12.1 Å². The zero-order valence-corrected chi connectivity index (χ0v) is 16.0. The van der Waals surface area contributed by atoms with Gasteiger partial charge < -0.3 is 21.4 Å². The Kier molecular flexibility index (Phi) is 4.53. The fourth-order valence-corrected chi connectivity index (χ4v) is 3.77. The number of aromatic nitrogens is 2. The lowest BCUT2D eigenvalue weighted by molar-refractivity contribution is 0.102. The zero-order chi connectivity index (χ0) is 20.7. The molecule has 8 nitrogen and oxygen atoms in total. The first-order valence-corrected chi connectivity index (χ1v) is 9.64. The Bertz CT molecular complexity index is 1100. The van der Waals surface area contributed by atoms with Crippen LogP contribution in [0.4, 0.5) is 21.7 Å². The number of nitrogens with zero attached hydrogens (tertiary/aromatic N) is 3. The molecule has 0 spiro atoms. The van der Waals surface area contributed by atoms with E-state index < -0.39 is 17.8 Å². The third-order valence-electron chi connectivity index (χ3n) is 5.42. The summed E-state index contributed by atoms with van der Waals surface area (Å²) >= 11 is 0. The molecule has 5 rings (SSSR count). The van der Waals surface area contributed by atoms with Crippen LogP contribution in [0.2, 0.25) is 0 Å². The number of carbonyl (C=O) groups is 1. The zero-order valence-electron chi connectivity index (χ0n) is 16.0. The number of anilines is 3. The molecule has 0 bridgehead atoms. The molecule has 1 fully saturated rings. The summed E-state index contributed by atoms with van der Waals surface area (Å²) < 4.78 is 15.1. The summed E-state index contributed by atoms with van der Waals surface area (Å²) in [7, 11) is 0. The Labute approximate surface area is 172 Å². The van der Waals surface area contributed by atoms with E-state index in [0.29, 0.717) is 17.2 Å². The van der Waals surface area contributed by atoms with Crippen molar-refractivity contribution in [2.24, 2.45) is 0 Å². The van der Waals surface area contributed by atoms with E-state index >= 15 is 4.39 Å². The summed E-state index contributed by atoms with van der Waals surface area (Å²) in [5.41, 5.74) is 11.8. The van der Waals surface area contributed by atoms with E-state index in [1.165, 1.54) is 6.07 Å². The largest absolute Gasteiger partial charge is 0.383 e. The first kappa shape index (κ1) is 18.5. The smallest absolute Gasteiger partial charge is 0.256 e. The van der Waals surface area contributed by atoms with Crippen LogP contribution in [0.3, 0.4) is 0 Å². The van der Waals surface area contributed by atoms with Crippen molar-refractivity contribution in [3.63, 3.8) is 0 Å². The highest BCUT2D eigenvalue weighted by Gasteiger charge is 2.38. The highest BCUT2D eigenvalue weighted by Crippen LogP contribution is 2.41. The summed E-state index contributed by atoms with van der Waals surface area (Å²) in [5.74, 6) is -0.163. The maximum Gasteiger partial charge on any atom is 0.256 e. The van der Waals surface area contributed by atoms with E-state index in [1.54, 1.807) is 42.7 Å². The van der Waals surface area contributed by atoms with Crippen molar-refractivity contribution in [1.82, 2.24) is 20.7 Å². The molecular formula is C21H20FN7O. The standard InChI is InChI=1S/C21H20FN7O/c22-15-9-12(21(30)27-17-3-1-2-7-25-17)4-5-14(15)19-18-16(6-8-26-20(18)23)29(28-19)13-10-24-11-13/h1-9,13,19,24,28H,10-11H2,(H2,23,26)(H,25,27,30). The van der Waals surface area contributed by atoms with Crippen LogP contribution in [0, 0.1) is 5.82 Å². The minimum Gasteiger partial charge on any atom is -0.383 e. The quantitative estimate of drug-likeness (QED) is 0.525. The van der Waals surface area contributed by atoms with Crippen LogP contribution >= 0.6 is 0 Å². The van der Waals surface area contributed by atoms with E-state index in [0.717, 1.165) is 24.3 Å². The molecule has 1 aromatic carbocycles. The topological polar surface area (TPSA) is 108 Å². The molecule has 1 saturated heterocycles. The molecular weight excluding hydrogens is 385 g/mol. The number of rotatable bonds is 4. The number of hydrogen-bond acceptors (Lipinski definition) is 7. The lowest BCUT2D eigenvalue weighted by Crippen LogP contribution is -2.60. The lowest BCUT2D eigenvalue weighted by atomic mass is 9.98. The number of amides is 1. The molecule has 3 aromatic rings. The molecule has 2 aliphatic rings. The van der Waals surface area contributed by atoms with Gasteiger partial charge in [0, 0.05) is 42.2 Å². The van der Waals surface area contributed by atoms with Crippen LogP contribution in [0.1, 0.15) is 27.5 Å². The van der Waals surface area contributed by atoms with Gasteiger partial charge in [0.15, 0.2) is 0 Å². The van der Waals surface area contributed by atoms with Crippen LogP contribution in [0.15, 0.2) is 54.9 Å². The van der Waals surface area contributed by atoms with E-state index in [1.807, 2.05) is 11.1 Å². The molecule has 1 unspecified atom stereocenters. The molecule has 0 aliphatic carbocycles. The molecule has 9 heteroatoms. The Morgan fingerprint density at radius 2 is 2.03 bits per heavy atom. The Morgan fingerprint density at radius 1 is 1.17 bits per heavy atom. The monoisotopic (exact) mass is 405 g/mol. The van der Waals surface area contributed by atoms with Crippen LogP contribution in [0.5, 0.6) is 0 Å². The van der Waals surface area contributed by atoms with E-state index in [4.69, 9.17) is 5.73 Å². The maximum absolute atomic E-state index is 15.1. The molecule has 152 valence electrons. The van der Waals surface area contributed by atoms with Gasteiger partial charge >= 0.3 is 0 Å². The van der Waals surface area contributed by atoms with E-state index in [2.05, 4.69) is 26.0 Å². The molecule has 0 saturated carbocycles. The molecule has 1 amide bonds. The van der Waals surface area contributed by atoms with Gasteiger partial charge in [-0.3, -0.25) is 4.79 Å². The van der Waals surface area contributed by atoms with Gasteiger partial charge in [0.2, 0.25) is 0 Å². The fraction of sp³-hybridized carbons (Fsp3) is 0.190. The predicted octanol–water partition coefficient (Wildman–Crippen LogP) is 1.84. The average Bonchev–Trinajstić information content (AvgIpc) is 3.07. The van der Waals surface area contributed by atoms with Gasteiger partial charge in [-0.2, -0.15) is 0 Å². The predicted molar refractivity (Wildman–Crippen MR) is 111 cm³/mol. The minimum absolute atomic E-state index is 0.208. The summed E-state index contributed by atoms with van der Waals surface area (Å²) in [6, 6.07) is 11.3. The molecule has 2 aromatic heterocycles. The van der Waals surface area contributed by atoms with Crippen molar-refractivity contribution in [2.75, 3.05) is 29.1 Å². The number of hydrazine groups is 1. The third-order valence-corrected chi connectivity index (χ3v) is 5.42. The number of pyridine rings is 2. The second-order valence-electron chi connectivity index (χ2n) is 7.28. The second kappa shape index (κ2) is 7.36. The van der Waals surface area contributed by atoms with Crippen molar-refractivity contribution in [1.29, 1.82) is 0 Å². The number of carbonyl (C=O) groups excluding carboxylic acids is 1. The number of nitrogens with two attached hydrogens (primary N) is 1. The average molecular weight is 405 g/mol. The number of benzene rings is 1. The molecule has 5 N–H and O–H groups in total. The SMILES string of the molecule is Nc1nccc2c1C(c1ccc(C(=O)Nc3ccccn3)cc1F)NN2C1CNC1. The van der Waals surface area contributed by atoms with Gasteiger partial charge in [-0.05, 0) is 30.3 Å². The minimum atomic E-state index is -0.496. The number of nitrogens with one attached hydrogen (secondary N) is 3. The van der Waals surface area contributed by atoms with Crippen molar-refractivity contribution >= 4 is 23.2 Å². The summed E-state index contributed by atoms with van der Waals surface area (Å²) in [4.78, 5) is 20.7. The van der Waals surface area contributed by atoms with E-state index in [9.17, 15) is 4.79 Å². The lowest BCUT2D eigenvalue weighted by Gasteiger charge is -2.37. The van der Waals surface area contributed by atoms with Gasteiger partial charge in [0.05, 0.1) is 17.8 Å². The molecule has 1 atom stereocenters. The normalized spacial score (nSPS) is 18.0. The van der Waals surface area contributed by atoms with Crippen LogP contribution in [-0.4, -0.2) is 35.0 Å². The Hall–Kier alpha value is -3.56. The number of halogens is 1. The van der Waals surface area contributed by atoms with Crippen molar-refractivity contribution in [2.45, 2.75) is 12.1 Å². The van der Waals surface area contributed by atoms with Gasteiger partial charge in [0.1, 0.15) is 17.5 Å². The fourth-order valence-electron chi connectivity index (χ4n) is 3.77. The first-order chi connectivity index (χ1) is 14.6. The first-order valence-electron chi connectivity index (χ1n) is 9.64. The second-order valence-corrected chi connectivity index (χ2v) is 7.28. The summed E-state index contributed by atoms with van der Waals surface area (Å²) in [5, 5.41) is 7.92. The van der Waals surface area contributed by atoms with Crippen molar-refractivity contribution in [3.8, 4) is 0 Å². The Morgan fingerprint density at radius 3 is 2.73 bits per heavy atom. The summed E-state index contributed by atoms with van der Waals surface area (Å²) in [6.45, 7) is 1.66. The van der Waals surface area contributed by atoms with Crippen LogP contribution < -0.4 is 26.8 Å². The highest BCUT2D eigenvalue weighted by molar-refractivity contribution is 6.03. The number of fused-ring (bicyclic) bond motifs is 1. The number of nitrogen functional groups attached to an aromatic ring is 1. The van der Waals surface area contributed by atoms with Crippen LogP contribution in [0.25, 0.3) is 0 Å². The maximum atomic E-state index is 15.1. The van der Waals surface area contributed by atoms with Crippen LogP contribution in [-0.2, 0) is 0 Å². The van der Waals surface area contributed by atoms with Crippen molar-refractivity contribution < 1.29 is 9.18 Å². The van der Waals surface area contributed by atoms with Gasteiger partial charge in [-0.25, -0.2) is 19.8 Å².